The van der Waals surface area contributed by atoms with Gasteiger partial charge in [0, 0.05) is 24.5 Å². The molecule has 1 saturated heterocycles. The van der Waals surface area contributed by atoms with E-state index in [1.807, 2.05) is 20.2 Å². The molecular formula is C17H23N5. The summed E-state index contributed by atoms with van der Waals surface area (Å²) in [5.41, 5.74) is 3.53. The Labute approximate surface area is 131 Å². The smallest absolute Gasteiger partial charge is 0.224 e. The van der Waals surface area contributed by atoms with Gasteiger partial charge in [-0.3, -0.25) is 0 Å². The lowest BCUT2D eigenvalue weighted by Gasteiger charge is -2.23. The zero-order valence-electron chi connectivity index (χ0n) is 13.2. The molecule has 116 valence electrons. The maximum atomic E-state index is 4.48. The Kier molecular flexibility index (Phi) is 4.53. The summed E-state index contributed by atoms with van der Waals surface area (Å²) in [5.74, 6) is 2.13. The number of aromatic nitrogens is 2. The first-order valence-corrected chi connectivity index (χ1v) is 7.85. The van der Waals surface area contributed by atoms with Gasteiger partial charge in [0.2, 0.25) is 5.95 Å². The molecule has 0 amide bonds. The molecule has 1 fully saturated rings. The van der Waals surface area contributed by atoms with Crippen LogP contribution in [0.4, 0.5) is 17.5 Å². The van der Waals surface area contributed by atoms with Gasteiger partial charge in [-0.25, -0.2) is 4.98 Å². The summed E-state index contributed by atoms with van der Waals surface area (Å²) in [7, 11) is 1.83. The molecular weight excluding hydrogens is 274 g/mol. The van der Waals surface area contributed by atoms with Crippen molar-refractivity contribution in [1.82, 2.24) is 15.3 Å². The van der Waals surface area contributed by atoms with Gasteiger partial charge >= 0.3 is 0 Å². The van der Waals surface area contributed by atoms with Crippen LogP contribution < -0.4 is 16.0 Å². The summed E-state index contributed by atoms with van der Waals surface area (Å²) in [4.78, 5) is 8.71. The lowest BCUT2D eigenvalue weighted by atomic mass is 9.90. The van der Waals surface area contributed by atoms with Crippen molar-refractivity contribution in [2.45, 2.75) is 25.7 Å². The van der Waals surface area contributed by atoms with Crippen molar-refractivity contribution in [3.05, 3.63) is 41.6 Å². The minimum atomic E-state index is 0.627. The number of benzene rings is 1. The van der Waals surface area contributed by atoms with Gasteiger partial charge in [-0.1, -0.05) is 12.1 Å². The third-order valence-corrected chi connectivity index (χ3v) is 4.16. The zero-order chi connectivity index (χ0) is 15.4. The van der Waals surface area contributed by atoms with Crippen LogP contribution in [-0.2, 0) is 0 Å². The molecule has 0 bridgehead atoms. The van der Waals surface area contributed by atoms with Crippen LogP contribution in [0, 0.1) is 6.92 Å². The number of piperidine rings is 1. The van der Waals surface area contributed by atoms with Gasteiger partial charge in [0.05, 0.1) is 0 Å². The first kappa shape index (κ1) is 14.8. The molecule has 1 aliphatic rings. The summed E-state index contributed by atoms with van der Waals surface area (Å²) in [6, 6.07) is 8.68. The molecule has 0 atom stereocenters. The van der Waals surface area contributed by atoms with Crippen molar-refractivity contribution in [2.75, 3.05) is 30.8 Å². The van der Waals surface area contributed by atoms with E-state index in [-0.39, 0.29) is 0 Å². The van der Waals surface area contributed by atoms with E-state index in [4.69, 9.17) is 0 Å². The highest BCUT2D eigenvalue weighted by atomic mass is 15.1. The molecule has 2 aromatic rings. The molecule has 5 nitrogen and oxygen atoms in total. The fourth-order valence-electron chi connectivity index (χ4n) is 2.85. The Morgan fingerprint density at radius 2 is 2.05 bits per heavy atom. The summed E-state index contributed by atoms with van der Waals surface area (Å²) in [6.07, 6.45) is 4.25. The van der Waals surface area contributed by atoms with E-state index in [0.717, 1.165) is 30.2 Å². The van der Waals surface area contributed by atoms with Crippen LogP contribution in [0.3, 0.4) is 0 Å². The van der Waals surface area contributed by atoms with E-state index in [0.29, 0.717) is 11.9 Å². The standard InChI is InChI=1S/C17H23N5/c1-12-11-20-17(18-2)22-16(12)21-15-5-3-4-14(10-15)13-6-8-19-9-7-13/h3-5,10-11,13,19H,6-9H2,1-2H3,(H2,18,20,21,22). The van der Waals surface area contributed by atoms with Crippen molar-refractivity contribution in [3.63, 3.8) is 0 Å². The number of hydrogen-bond donors (Lipinski definition) is 3. The van der Waals surface area contributed by atoms with E-state index < -0.39 is 0 Å². The topological polar surface area (TPSA) is 61.9 Å². The van der Waals surface area contributed by atoms with E-state index in [9.17, 15) is 0 Å². The predicted molar refractivity (Wildman–Crippen MR) is 90.9 cm³/mol. The van der Waals surface area contributed by atoms with Crippen molar-refractivity contribution < 1.29 is 0 Å². The first-order valence-electron chi connectivity index (χ1n) is 7.85. The zero-order valence-corrected chi connectivity index (χ0v) is 13.2. The van der Waals surface area contributed by atoms with Crippen LogP contribution in [0.2, 0.25) is 0 Å². The molecule has 1 aromatic heterocycles. The van der Waals surface area contributed by atoms with Gasteiger partial charge in [-0.2, -0.15) is 4.98 Å². The van der Waals surface area contributed by atoms with Crippen LogP contribution >= 0.6 is 0 Å². The molecule has 1 aliphatic heterocycles. The highest BCUT2D eigenvalue weighted by molar-refractivity contribution is 5.60. The van der Waals surface area contributed by atoms with Crippen molar-refractivity contribution in [2.24, 2.45) is 0 Å². The molecule has 2 heterocycles. The molecule has 3 N–H and O–H groups in total. The maximum Gasteiger partial charge on any atom is 0.224 e. The Balaban J connectivity index is 1.80. The molecule has 0 radical (unpaired) electrons. The third-order valence-electron chi connectivity index (χ3n) is 4.16. The molecule has 3 rings (SSSR count). The van der Waals surface area contributed by atoms with E-state index in [1.165, 1.54) is 18.4 Å². The van der Waals surface area contributed by atoms with Gasteiger partial charge in [0.1, 0.15) is 5.82 Å². The van der Waals surface area contributed by atoms with Crippen LogP contribution in [0.25, 0.3) is 0 Å². The Morgan fingerprint density at radius 3 is 2.82 bits per heavy atom. The monoisotopic (exact) mass is 297 g/mol. The SMILES string of the molecule is CNc1ncc(C)c(Nc2cccc(C3CCNCC3)c2)n1. The quantitative estimate of drug-likeness (QED) is 0.809. The van der Waals surface area contributed by atoms with Gasteiger partial charge in [-0.15, -0.1) is 0 Å². The summed E-state index contributed by atoms with van der Waals surface area (Å²) in [6.45, 7) is 4.23. The van der Waals surface area contributed by atoms with E-state index in [1.54, 1.807) is 0 Å². The number of nitrogens with one attached hydrogen (secondary N) is 3. The molecule has 0 aliphatic carbocycles. The number of hydrogen-bond acceptors (Lipinski definition) is 5. The normalized spacial score (nSPS) is 15.5. The Bertz CT molecular complexity index is 635. The van der Waals surface area contributed by atoms with Crippen molar-refractivity contribution in [1.29, 1.82) is 0 Å². The fraction of sp³-hybridized carbons (Fsp3) is 0.412. The minimum Gasteiger partial charge on any atom is -0.357 e. The number of aryl methyl sites for hydroxylation is 1. The maximum absolute atomic E-state index is 4.48. The number of nitrogens with zero attached hydrogens (tertiary/aromatic N) is 2. The van der Waals surface area contributed by atoms with Crippen molar-refractivity contribution >= 4 is 17.5 Å². The second-order valence-electron chi connectivity index (χ2n) is 5.75. The average Bonchev–Trinajstić information content (AvgIpc) is 2.58. The second-order valence-corrected chi connectivity index (χ2v) is 5.75. The van der Waals surface area contributed by atoms with Gasteiger partial charge in [-0.05, 0) is 56.5 Å². The van der Waals surface area contributed by atoms with E-state index >= 15 is 0 Å². The Hall–Kier alpha value is -2.14. The lowest BCUT2D eigenvalue weighted by molar-refractivity contribution is 0.460. The molecule has 0 saturated carbocycles. The summed E-state index contributed by atoms with van der Waals surface area (Å²) < 4.78 is 0. The lowest BCUT2D eigenvalue weighted by Crippen LogP contribution is -2.26. The van der Waals surface area contributed by atoms with Crippen LogP contribution in [0.15, 0.2) is 30.5 Å². The Morgan fingerprint density at radius 1 is 1.23 bits per heavy atom. The highest BCUT2D eigenvalue weighted by Gasteiger charge is 2.15. The predicted octanol–water partition coefficient (Wildman–Crippen LogP) is 3.04. The van der Waals surface area contributed by atoms with Crippen LogP contribution in [-0.4, -0.2) is 30.1 Å². The third kappa shape index (κ3) is 3.36. The largest absolute Gasteiger partial charge is 0.357 e. The summed E-state index contributed by atoms with van der Waals surface area (Å²) in [5, 5.41) is 9.81. The molecule has 1 aromatic carbocycles. The minimum absolute atomic E-state index is 0.627. The van der Waals surface area contributed by atoms with Gasteiger partial charge < -0.3 is 16.0 Å². The van der Waals surface area contributed by atoms with Crippen LogP contribution in [0.1, 0.15) is 29.9 Å². The molecule has 22 heavy (non-hydrogen) atoms. The van der Waals surface area contributed by atoms with Gasteiger partial charge in [0.25, 0.3) is 0 Å². The fourth-order valence-corrected chi connectivity index (χ4v) is 2.85. The molecule has 0 unspecified atom stereocenters. The number of rotatable bonds is 4. The van der Waals surface area contributed by atoms with Gasteiger partial charge in [0.15, 0.2) is 0 Å². The summed E-state index contributed by atoms with van der Waals surface area (Å²) >= 11 is 0. The second kappa shape index (κ2) is 6.75. The van der Waals surface area contributed by atoms with Crippen molar-refractivity contribution in [3.8, 4) is 0 Å². The van der Waals surface area contributed by atoms with E-state index in [2.05, 4.69) is 50.2 Å². The number of anilines is 3. The van der Waals surface area contributed by atoms with Crippen LogP contribution in [0.5, 0.6) is 0 Å². The first-order chi connectivity index (χ1) is 10.8. The molecule has 5 heteroatoms. The highest BCUT2D eigenvalue weighted by Crippen LogP contribution is 2.28. The molecule has 0 spiro atoms. The average molecular weight is 297 g/mol.